The number of imidazole rings is 1. The molecule has 1 aromatic carbocycles. The van der Waals surface area contributed by atoms with Gasteiger partial charge in [-0.3, -0.25) is 9.59 Å². The van der Waals surface area contributed by atoms with E-state index in [-0.39, 0.29) is 23.9 Å². The lowest BCUT2D eigenvalue weighted by Gasteiger charge is -2.28. The molecule has 0 radical (unpaired) electrons. The Morgan fingerprint density at radius 1 is 1.13 bits per heavy atom. The fourth-order valence-corrected chi connectivity index (χ4v) is 5.09. The van der Waals surface area contributed by atoms with E-state index in [9.17, 15) is 9.59 Å². The van der Waals surface area contributed by atoms with Gasteiger partial charge in [-0.1, -0.05) is 30.3 Å². The molecule has 7 heteroatoms. The Morgan fingerprint density at radius 3 is 2.55 bits per heavy atom. The number of aryl methyl sites for hydroxylation is 2. The molecule has 7 nitrogen and oxygen atoms in total. The van der Waals surface area contributed by atoms with Crippen LogP contribution < -0.4 is 5.32 Å². The lowest BCUT2D eigenvalue weighted by molar-refractivity contribution is 0.0664. The second kappa shape index (κ2) is 7.41. The number of benzene rings is 1. The molecule has 1 fully saturated rings. The normalized spacial score (nSPS) is 19.8. The molecule has 160 valence electrons. The van der Waals surface area contributed by atoms with E-state index in [1.807, 2.05) is 55.1 Å². The number of hydrogen-bond donors (Lipinski definition) is 1. The monoisotopic (exact) mass is 418 g/mol. The standard InChI is InChI=1S/C24H26N4O3/c1-14-11-19(15(2)31-14)24(30)28-17-9-10-18(28)13-27-20(12-17)21(23(29)25-3)26-22(27)16-7-5-4-6-8-16/h4-8,11,17-18H,9-10,12-13H2,1-3H3,(H,25,29)/t17-,18+/m0/s1. The first-order chi connectivity index (χ1) is 15.0. The maximum atomic E-state index is 13.5. The summed E-state index contributed by atoms with van der Waals surface area (Å²) in [4.78, 5) is 32.9. The van der Waals surface area contributed by atoms with Crippen molar-refractivity contribution in [2.75, 3.05) is 7.05 Å². The number of nitrogens with one attached hydrogen (secondary N) is 1. The molecule has 0 unspecified atom stereocenters. The summed E-state index contributed by atoms with van der Waals surface area (Å²) in [5, 5.41) is 2.72. The summed E-state index contributed by atoms with van der Waals surface area (Å²) in [6.45, 7) is 4.33. The van der Waals surface area contributed by atoms with Gasteiger partial charge in [-0.2, -0.15) is 0 Å². The van der Waals surface area contributed by atoms with Gasteiger partial charge in [0, 0.05) is 31.6 Å². The van der Waals surface area contributed by atoms with E-state index < -0.39 is 0 Å². The number of amides is 2. The van der Waals surface area contributed by atoms with Gasteiger partial charge in [-0.25, -0.2) is 4.98 Å². The van der Waals surface area contributed by atoms with Crippen LogP contribution in [0.5, 0.6) is 0 Å². The van der Waals surface area contributed by atoms with Crippen LogP contribution in [0.2, 0.25) is 0 Å². The van der Waals surface area contributed by atoms with E-state index in [4.69, 9.17) is 9.40 Å². The van der Waals surface area contributed by atoms with Crippen molar-refractivity contribution in [2.24, 2.45) is 0 Å². The number of furan rings is 1. The fourth-order valence-electron chi connectivity index (χ4n) is 5.09. The molecule has 2 aliphatic heterocycles. The Hall–Kier alpha value is -3.35. The highest BCUT2D eigenvalue weighted by Crippen LogP contribution is 2.37. The Bertz CT molecular complexity index is 1160. The quantitative estimate of drug-likeness (QED) is 0.707. The Morgan fingerprint density at radius 2 is 1.87 bits per heavy atom. The van der Waals surface area contributed by atoms with E-state index in [1.54, 1.807) is 7.05 Å². The SMILES string of the molecule is CNC(=O)c1nc(-c2ccccc2)n2c1C[C@@H]1CC[C@H](C2)N1C(=O)c1cc(C)oc1C. The van der Waals surface area contributed by atoms with Crippen molar-refractivity contribution < 1.29 is 14.0 Å². The van der Waals surface area contributed by atoms with E-state index in [0.717, 1.165) is 35.7 Å². The first-order valence-electron chi connectivity index (χ1n) is 10.7. The second-order valence-electron chi connectivity index (χ2n) is 8.41. The highest BCUT2D eigenvalue weighted by molar-refractivity contribution is 5.96. The van der Waals surface area contributed by atoms with Crippen molar-refractivity contribution in [2.45, 2.75) is 51.7 Å². The van der Waals surface area contributed by atoms with Crippen molar-refractivity contribution in [1.82, 2.24) is 19.8 Å². The van der Waals surface area contributed by atoms with Gasteiger partial charge in [-0.15, -0.1) is 0 Å². The molecule has 5 rings (SSSR count). The van der Waals surface area contributed by atoms with Crippen molar-refractivity contribution in [1.29, 1.82) is 0 Å². The van der Waals surface area contributed by atoms with Crippen molar-refractivity contribution in [3.63, 3.8) is 0 Å². The molecule has 1 N–H and O–H groups in total. The van der Waals surface area contributed by atoms with Crippen LogP contribution >= 0.6 is 0 Å². The third-order valence-corrected chi connectivity index (χ3v) is 6.49. The molecule has 2 amide bonds. The van der Waals surface area contributed by atoms with E-state index >= 15 is 0 Å². The summed E-state index contributed by atoms with van der Waals surface area (Å²) in [5.74, 6) is 2.01. The van der Waals surface area contributed by atoms with Crippen LogP contribution in [-0.4, -0.2) is 45.4 Å². The Labute approximate surface area is 181 Å². The van der Waals surface area contributed by atoms with Gasteiger partial charge < -0.3 is 19.2 Å². The lowest BCUT2D eigenvalue weighted by atomic mass is 10.0. The summed E-state index contributed by atoms with van der Waals surface area (Å²) in [5.41, 5.74) is 2.96. The van der Waals surface area contributed by atoms with Gasteiger partial charge in [0.05, 0.1) is 17.3 Å². The minimum atomic E-state index is -0.192. The van der Waals surface area contributed by atoms with Gasteiger partial charge in [0.1, 0.15) is 23.0 Å². The van der Waals surface area contributed by atoms with Gasteiger partial charge >= 0.3 is 0 Å². The number of fused-ring (bicyclic) bond motifs is 3. The lowest BCUT2D eigenvalue weighted by Crippen LogP contribution is -2.42. The molecule has 0 saturated carbocycles. The second-order valence-corrected chi connectivity index (χ2v) is 8.41. The summed E-state index contributed by atoms with van der Waals surface area (Å²) in [6.07, 6.45) is 2.47. The topological polar surface area (TPSA) is 80.4 Å². The average molecular weight is 418 g/mol. The van der Waals surface area contributed by atoms with Crippen LogP contribution in [0, 0.1) is 13.8 Å². The van der Waals surface area contributed by atoms with Gasteiger partial charge in [0.15, 0.2) is 0 Å². The highest BCUT2D eigenvalue weighted by Gasteiger charge is 2.43. The van der Waals surface area contributed by atoms with Crippen LogP contribution in [0.4, 0.5) is 0 Å². The summed E-state index contributed by atoms with van der Waals surface area (Å²) in [6, 6.07) is 11.8. The van der Waals surface area contributed by atoms with Crippen molar-refractivity contribution in [3.05, 3.63) is 64.9 Å². The van der Waals surface area contributed by atoms with Gasteiger partial charge in [0.2, 0.25) is 0 Å². The molecule has 0 spiro atoms. The third kappa shape index (κ3) is 3.15. The summed E-state index contributed by atoms with van der Waals surface area (Å²) >= 11 is 0. The molecule has 2 aromatic heterocycles. The van der Waals surface area contributed by atoms with Crippen molar-refractivity contribution in [3.8, 4) is 11.4 Å². The number of nitrogens with zero attached hydrogens (tertiary/aromatic N) is 3. The molecule has 2 atom stereocenters. The molecule has 3 aromatic rings. The molecule has 1 saturated heterocycles. The predicted octanol–water partition coefficient (Wildman–Crippen LogP) is 3.35. The van der Waals surface area contributed by atoms with E-state index in [2.05, 4.69) is 9.88 Å². The zero-order valence-electron chi connectivity index (χ0n) is 18.0. The molecule has 2 aliphatic rings. The molecule has 0 aliphatic carbocycles. The number of carbonyl (C=O) groups is 2. The summed E-state index contributed by atoms with van der Waals surface area (Å²) in [7, 11) is 1.62. The Balaban J connectivity index is 1.58. The smallest absolute Gasteiger partial charge is 0.271 e. The zero-order chi connectivity index (χ0) is 21.7. The molecule has 2 bridgehead atoms. The molecular formula is C24H26N4O3. The first kappa shape index (κ1) is 19.6. The first-order valence-corrected chi connectivity index (χ1v) is 10.7. The van der Waals surface area contributed by atoms with Gasteiger partial charge in [-0.05, 0) is 32.8 Å². The maximum Gasteiger partial charge on any atom is 0.271 e. The number of carbonyl (C=O) groups excluding carboxylic acids is 2. The minimum absolute atomic E-state index is 0.0170. The number of hydrogen-bond acceptors (Lipinski definition) is 4. The Kier molecular flexibility index (Phi) is 4.68. The van der Waals surface area contributed by atoms with Crippen LogP contribution in [0.25, 0.3) is 11.4 Å². The summed E-state index contributed by atoms with van der Waals surface area (Å²) < 4.78 is 7.77. The van der Waals surface area contributed by atoms with E-state index in [1.165, 1.54) is 0 Å². The molecule has 31 heavy (non-hydrogen) atoms. The van der Waals surface area contributed by atoms with Gasteiger partial charge in [0.25, 0.3) is 11.8 Å². The van der Waals surface area contributed by atoms with Crippen LogP contribution in [0.3, 0.4) is 0 Å². The number of aromatic nitrogens is 2. The van der Waals surface area contributed by atoms with E-state index in [0.29, 0.717) is 30.0 Å². The number of rotatable bonds is 3. The maximum absolute atomic E-state index is 13.5. The third-order valence-electron chi connectivity index (χ3n) is 6.49. The predicted molar refractivity (Wildman–Crippen MR) is 116 cm³/mol. The van der Waals surface area contributed by atoms with Crippen molar-refractivity contribution >= 4 is 11.8 Å². The fraction of sp³-hybridized carbons (Fsp3) is 0.375. The largest absolute Gasteiger partial charge is 0.466 e. The molecule has 4 heterocycles. The zero-order valence-corrected chi connectivity index (χ0v) is 18.0. The highest BCUT2D eigenvalue weighted by atomic mass is 16.3. The average Bonchev–Trinajstić information content (AvgIpc) is 3.39. The van der Waals surface area contributed by atoms with Crippen LogP contribution in [0.15, 0.2) is 40.8 Å². The van der Waals surface area contributed by atoms with Crippen LogP contribution in [-0.2, 0) is 13.0 Å². The minimum Gasteiger partial charge on any atom is -0.466 e. The molecular weight excluding hydrogens is 392 g/mol. The van der Waals surface area contributed by atoms with Crippen LogP contribution in [0.1, 0.15) is 50.9 Å².